The summed E-state index contributed by atoms with van der Waals surface area (Å²) in [4.78, 5) is 11.7. The molecule has 1 aromatic carbocycles. The maximum atomic E-state index is 11.7. The van der Waals surface area contributed by atoms with Gasteiger partial charge in [0.15, 0.2) is 0 Å². The molecule has 0 atom stereocenters. The molecule has 3 nitrogen and oxygen atoms in total. The summed E-state index contributed by atoms with van der Waals surface area (Å²) in [5.41, 5.74) is 1.68. The van der Waals surface area contributed by atoms with E-state index in [1.165, 1.54) is 32.1 Å². The Morgan fingerprint density at radius 3 is 2.29 bits per heavy atom. The molecule has 114 valence electrons. The fourth-order valence-corrected chi connectivity index (χ4v) is 2.23. The minimum atomic E-state index is 0.118. The highest BCUT2D eigenvalue weighted by Crippen LogP contribution is 2.08. The molecule has 0 saturated carbocycles. The lowest BCUT2D eigenvalue weighted by Crippen LogP contribution is -2.22. The lowest BCUT2D eigenvalue weighted by Gasteiger charge is -2.05. The summed E-state index contributed by atoms with van der Waals surface area (Å²) in [7, 11) is 0. The van der Waals surface area contributed by atoms with Gasteiger partial charge in [0.25, 0.3) is 0 Å². The molecule has 0 aliphatic carbocycles. The van der Waals surface area contributed by atoms with Gasteiger partial charge < -0.3 is 5.32 Å². The molecular weight excluding hydrogens is 260 g/mol. The van der Waals surface area contributed by atoms with Gasteiger partial charge in [-0.15, -0.1) is 0 Å². The van der Waals surface area contributed by atoms with Gasteiger partial charge in [-0.05, 0) is 24.1 Å². The van der Waals surface area contributed by atoms with E-state index in [0.717, 1.165) is 18.4 Å². The van der Waals surface area contributed by atoms with E-state index in [1.54, 1.807) is 12.1 Å². The van der Waals surface area contributed by atoms with Crippen LogP contribution in [0.5, 0.6) is 0 Å². The third kappa shape index (κ3) is 8.14. The van der Waals surface area contributed by atoms with Crippen LogP contribution < -0.4 is 5.32 Å². The molecule has 0 bridgehead atoms. The van der Waals surface area contributed by atoms with Crippen LogP contribution in [0, 0.1) is 11.3 Å². The molecule has 1 N–H and O–H groups in total. The maximum Gasteiger partial charge on any atom is 0.220 e. The number of nitrogens with one attached hydrogen (secondary N) is 1. The average Bonchev–Trinajstić information content (AvgIpc) is 2.52. The summed E-state index contributed by atoms with van der Waals surface area (Å²) in [5.74, 6) is 0.118. The molecule has 0 unspecified atom stereocenters. The minimum Gasteiger partial charge on any atom is -0.352 e. The molecule has 0 fully saturated rings. The number of hydrogen-bond donors (Lipinski definition) is 1. The second-order valence-corrected chi connectivity index (χ2v) is 5.46. The summed E-state index contributed by atoms with van der Waals surface area (Å²) in [6.07, 6.45) is 9.19. The Bertz CT molecular complexity index is 445. The van der Waals surface area contributed by atoms with Crippen LogP contribution in [0.15, 0.2) is 24.3 Å². The van der Waals surface area contributed by atoms with Gasteiger partial charge in [-0.25, -0.2) is 0 Å². The molecule has 21 heavy (non-hydrogen) atoms. The molecule has 3 heteroatoms. The van der Waals surface area contributed by atoms with Crippen LogP contribution in [0.3, 0.4) is 0 Å². The first kappa shape index (κ1) is 17.2. The topological polar surface area (TPSA) is 52.9 Å². The highest BCUT2D eigenvalue weighted by Gasteiger charge is 2.01. The molecule has 0 radical (unpaired) electrons. The van der Waals surface area contributed by atoms with E-state index in [0.29, 0.717) is 18.5 Å². The number of carbonyl (C=O) groups excluding carboxylic acids is 1. The van der Waals surface area contributed by atoms with Crippen molar-refractivity contribution in [1.29, 1.82) is 5.26 Å². The highest BCUT2D eigenvalue weighted by atomic mass is 16.1. The van der Waals surface area contributed by atoms with E-state index in [1.807, 2.05) is 12.1 Å². The van der Waals surface area contributed by atoms with Crippen molar-refractivity contribution in [3.05, 3.63) is 35.4 Å². The summed E-state index contributed by atoms with van der Waals surface area (Å²) in [6, 6.07) is 9.40. The quantitative estimate of drug-likeness (QED) is 0.651. The molecule has 0 spiro atoms. The van der Waals surface area contributed by atoms with Gasteiger partial charge in [0.2, 0.25) is 5.91 Å². The summed E-state index contributed by atoms with van der Waals surface area (Å²) in [5, 5.41) is 11.6. The third-order valence-corrected chi connectivity index (χ3v) is 3.58. The van der Waals surface area contributed by atoms with Crippen molar-refractivity contribution in [2.45, 2.75) is 64.8 Å². The zero-order valence-corrected chi connectivity index (χ0v) is 13.0. The van der Waals surface area contributed by atoms with Crippen LogP contribution in [0.25, 0.3) is 0 Å². The molecule has 1 rings (SSSR count). The monoisotopic (exact) mass is 286 g/mol. The first-order chi connectivity index (χ1) is 10.3. The van der Waals surface area contributed by atoms with Crippen molar-refractivity contribution in [2.75, 3.05) is 0 Å². The number of carbonyl (C=O) groups is 1. The molecular formula is C18H26N2O. The number of nitrogens with zero attached hydrogens (tertiary/aromatic N) is 1. The molecule has 0 heterocycles. The number of hydrogen-bond acceptors (Lipinski definition) is 2. The molecule has 0 aliphatic rings. The summed E-state index contributed by atoms with van der Waals surface area (Å²) >= 11 is 0. The molecule has 1 amide bonds. The predicted octanol–water partition coefficient (Wildman–Crippen LogP) is 4.32. The Balaban J connectivity index is 2.07. The van der Waals surface area contributed by atoms with Crippen LogP contribution in [0.1, 0.15) is 69.4 Å². The van der Waals surface area contributed by atoms with E-state index >= 15 is 0 Å². The van der Waals surface area contributed by atoms with E-state index in [2.05, 4.69) is 18.3 Å². The van der Waals surface area contributed by atoms with Crippen LogP contribution in [-0.2, 0) is 11.3 Å². The van der Waals surface area contributed by atoms with Crippen molar-refractivity contribution < 1.29 is 4.79 Å². The van der Waals surface area contributed by atoms with E-state index in [4.69, 9.17) is 5.26 Å². The predicted molar refractivity (Wildman–Crippen MR) is 85.6 cm³/mol. The average molecular weight is 286 g/mol. The van der Waals surface area contributed by atoms with Gasteiger partial charge in [0.1, 0.15) is 0 Å². The number of unbranched alkanes of at least 4 members (excludes halogenated alkanes) is 6. The Labute approximate surface area is 128 Å². The van der Waals surface area contributed by atoms with Crippen LogP contribution in [0.2, 0.25) is 0 Å². The summed E-state index contributed by atoms with van der Waals surface area (Å²) < 4.78 is 0. The molecule has 1 aromatic rings. The van der Waals surface area contributed by atoms with Gasteiger partial charge in [-0.3, -0.25) is 4.79 Å². The zero-order chi connectivity index (χ0) is 15.3. The first-order valence-corrected chi connectivity index (χ1v) is 8.02. The Morgan fingerprint density at radius 1 is 1.05 bits per heavy atom. The van der Waals surface area contributed by atoms with E-state index in [-0.39, 0.29) is 5.91 Å². The van der Waals surface area contributed by atoms with Crippen molar-refractivity contribution in [3.8, 4) is 6.07 Å². The lowest BCUT2D eigenvalue weighted by molar-refractivity contribution is -0.121. The second-order valence-electron chi connectivity index (χ2n) is 5.46. The van der Waals surface area contributed by atoms with Gasteiger partial charge in [0.05, 0.1) is 11.6 Å². The Morgan fingerprint density at radius 2 is 1.67 bits per heavy atom. The van der Waals surface area contributed by atoms with E-state index in [9.17, 15) is 4.79 Å². The first-order valence-electron chi connectivity index (χ1n) is 8.02. The lowest BCUT2D eigenvalue weighted by atomic mass is 10.1. The maximum absolute atomic E-state index is 11.7. The van der Waals surface area contributed by atoms with Crippen molar-refractivity contribution in [3.63, 3.8) is 0 Å². The SMILES string of the molecule is CCCCCCCCCC(=O)NCc1ccc(C#N)cc1. The number of amides is 1. The van der Waals surface area contributed by atoms with Crippen LogP contribution in [-0.4, -0.2) is 5.91 Å². The van der Waals surface area contributed by atoms with Crippen molar-refractivity contribution in [1.82, 2.24) is 5.32 Å². The largest absolute Gasteiger partial charge is 0.352 e. The second kappa shape index (κ2) is 10.9. The Kier molecular flexibility index (Phi) is 8.95. The zero-order valence-electron chi connectivity index (χ0n) is 13.0. The minimum absolute atomic E-state index is 0.118. The van der Waals surface area contributed by atoms with Crippen LogP contribution >= 0.6 is 0 Å². The fraction of sp³-hybridized carbons (Fsp3) is 0.556. The van der Waals surface area contributed by atoms with E-state index < -0.39 is 0 Å². The standard InChI is InChI=1S/C18H26N2O/c1-2-3-4-5-6-7-8-9-18(21)20-15-17-12-10-16(14-19)11-13-17/h10-13H,2-9,15H2,1H3,(H,20,21). The van der Waals surface area contributed by atoms with Gasteiger partial charge >= 0.3 is 0 Å². The molecule has 0 saturated heterocycles. The molecule has 0 aliphatic heterocycles. The summed E-state index contributed by atoms with van der Waals surface area (Å²) in [6.45, 7) is 2.76. The normalized spacial score (nSPS) is 10.1. The Hall–Kier alpha value is -1.82. The number of benzene rings is 1. The third-order valence-electron chi connectivity index (χ3n) is 3.58. The van der Waals surface area contributed by atoms with Crippen LogP contribution in [0.4, 0.5) is 0 Å². The molecule has 0 aromatic heterocycles. The fourth-order valence-electron chi connectivity index (χ4n) is 2.23. The highest BCUT2D eigenvalue weighted by molar-refractivity contribution is 5.75. The van der Waals surface area contributed by atoms with Gasteiger partial charge in [0, 0.05) is 13.0 Å². The number of rotatable bonds is 10. The van der Waals surface area contributed by atoms with Crippen molar-refractivity contribution >= 4 is 5.91 Å². The van der Waals surface area contributed by atoms with Gasteiger partial charge in [-0.1, -0.05) is 57.6 Å². The number of nitriles is 1. The van der Waals surface area contributed by atoms with Crippen molar-refractivity contribution in [2.24, 2.45) is 0 Å². The van der Waals surface area contributed by atoms with Gasteiger partial charge in [-0.2, -0.15) is 5.26 Å². The smallest absolute Gasteiger partial charge is 0.220 e.